The molecule has 1 aromatic carbocycles. The smallest absolute Gasteiger partial charge is 0.147 e. The van der Waals surface area contributed by atoms with Crippen LogP contribution in [0.5, 0.6) is 0 Å². The van der Waals surface area contributed by atoms with E-state index in [0.717, 1.165) is 22.4 Å². The molecule has 0 spiro atoms. The zero-order valence-corrected chi connectivity index (χ0v) is 13.5. The highest BCUT2D eigenvalue weighted by Gasteiger charge is 2.10. The normalized spacial score (nSPS) is 10.5. The maximum atomic E-state index is 6.23. The summed E-state index contributed by atoms with van der Waals surface area (Å²) in [5.74, 6) is 1.17. The lowest BCUT2D eigenvalue weighted by Crippen LogP contribution is -2.18. The maximum Gasteiger partial charge on any atom is 0.147 e. The molecule has 0 saturated carbocycles. The Balaban J connectivity index is 2.21. The third-order valence-electron chi connectivity index (χ3n) is 2.76. The lowest BCUT2D eigenvalue weighted by atomic mass is 10.2. The van der Waals surface area contributed by atoms with E-state index in [2.05, 4.69) is 27.0 Å². The zero-order chi connectivity index (χ0) is 13.8. The quantitative estimate of drug-likeness (QED) is 0.723. The number of nitrogens with zero attached hydrogens (tertiary/aromatic N) is 2. The van der Waals surface area contributed by atoms with Gasteiger partial charge in [0.15, 0.2) is 0 Å². The molecule has 2 aromatic rings. The van der Waals surface area contributed by atoms with Gasteiger partial charge in [0.05, 0.1) is 5.02 Å². The largest absolute Gasteiger partial charge is 0.354 e. The minimum absolute atomic E-state index is 0.418. The molecule has 2 rings (SSSR count). The van der Waals surface area contributed by atoms with E-state index in [0.29, 0.717) is 10.9 Å². The van der Waals surface area contributed by atoms with Gasteiger partial charge < -0.3 is 4.90 Å². The van der Waals surface area contributed by atoms with Gasteiger partial charge in [0.1, 0.15) is 5.82 Å². The highest BCUT2D eigenvalue weighted by Crippen LogP contribution is 2.26. The SMILES string of the molecule is CN(Cc1ccccc1Br)c1ncc(CCl)cc1Cl. The molecule has 0 unspecified atom stereocenters. The van der Waals surface area contributed by atoms with E-state index in [4.69, 9.17) is 23.2 Å². The lowest BCUT2D eigenvalue weighted by Gasteiger charge is -2.20. The number of aromatic nitrogens is 1. The van der Waals surface area contributed by atoms with E-state index in [-0.39, 0.29) is 0 Å². The van der Waals surface area contributed by atoms with Crippen LogP contribution in [-0.4, -0.2) is 12.0 Å². The Labute approximate surface area is 131 Å². The summed E-state index contributed by atoms with van der Waals surface area (Å²) < 4.78 is 1.08. The van der Waals surface area contributed by atoms with Gasteiger partial charge in [0.25, 0.3) is 0 Å². The fourth-order valence-electron chi connectivity index (χ4n) is 1.78. The summed E-state index contributed by atoms with van der Waals surface area (Å²) >= 11 is 15.5. The second-order valence-corrected chi connectivity index (χ2v) is 5.76. The van der Waals surface area contributed by atoms with Gasteiger partial charge in [-0.15, -0.1) is 11.6 Å². The van der Waals surface area contributed by atoms with Crippen molar-refractivity contribution in [2.45, 2.75) is 12.4 Å². The molecule has 0 bridgehead atoms. The molecule has 0 aliphatic rings. The average Bonchev–Trinajstić information content (AvgIpc) is 2.41. The lowest BCUT2D eigenvalue weighted by molar-refractivity contribution is 0.892. The van der Waals surface area contributed by atoms with Gasteiger partial charge in [-0.25, -0.2) is 4.98 Å². The Bertz CT molecular complexity index is 575. The predicted octanol–water partition coefficient (Wildman–Crippen LogP) is 4.87. The van der Waals surface area contributed by atoms with Crippen LogP contribution >= 0.6 is 39.1 Å². The molecule has 100 valence electrons. The first-order chi connectivity index (χ1) is 9.11. The van der Waals surface area contributed by atoms with Gasteiger partial charge in [-0.3, -0.25) is 0 Å². The van der Waals surface area contributed by atoms with Gasteiger partial charge in [0, 0.05) is 30.1 Å². The number of hydrogen-bond donors (Lipinski definition) is 0. The topological polar surface area (TPSA) is 16.1 Å². The molecule has 0 aliphatic heterocycles. The summed E-state index contributed by atoms with van der Waals surface area (Å²) in [5, 5.41) is 0.618. The van der Waals surface area contributed by atoms with Crippen LogP contribution in [0.4, 0.5) is 5.82 Å². The molecule has 0 fully saturated rings. The molecule has 0 amide bonds. The number of benzene rings is 1. The summed E-state index contributed by atoms with van der Waals surface area (Å²) in [6.45, 7) is 0.731. The molecule has 0 N–H and O–H groups in total. The van der Waals surface area contributed by atoms with Crippen molar-refractivity contribution < 1.29 is 0 Å². The summed E-state index contributed by atoms with van der Waals surface area (Å²) in [6.07, 6.45) is 1.75. The van der Waals surface area contributed by atoms with E-state index in [1.807, 2.05) is 36.2 Å². The highest BCUT2D eigenvalue weighted by atomic mass is 79.9. The first-order valence-electron chi connectivity index (χ1n) is 5.76. The number of halogens is 3. The standard InChI is InChI=1S/C14H13BrCl2N2/c1-19(9-11-4-2-3-5-12(11)15)14-13(17)6-10(7-16)8-18-14/h2-6,8H,7,9H2,1H3. The first-order valence-corrected chi connectivity index (χ1v) is 7.47. The Morgan fingerprint density at radius 2 is 2.05 bits per heavy atom. The van der Waals surface area contributed by atoms with Crippen molar-refractivity contribution in [2.24, 2.45) is 0 Å². The van der Waals surface area contributed by atoms with E-state index in [1.54, 1.807) is 6.20 Å². The van der Waals surface area contributed by atoms with Crippen LogP contribution in [0.1, 0.15) is 11.1 Å². The van der Waals surface area contributed by atoms with Crippen LogP contribution in [0.2, 0.25) is 5.02 Å². The van der Waals surface area contributed by atoms with Gasteiger partial charge in [-0.1, -0.05) is 45.7 Å². The van der Waals surface area contributed by atoms with Crippen molar-refractivity contribution in [1.29, 1.82) is 0 Å². The van der Waals surface area contributed by atoms with E-state index in [9.17, 15) is 0 Å². The third-order valence-corrected chi connectivity index (χ3v) is 4.12. The Hall–Kier alpha value is -0.770. The molecule has 0 atom stereocenters. The van der Waals surface area contributed by atoms with Crippen LogP contribution in [0, 0.1) is 0 Å². The number of alkyl halides is 1. The summed E-state index contributed by atoms with van der Waals surface area (Å²) in [4.78, 5) is 6.38. The molecule has 0 aliphatic carbocycles. The van der Waals surface area contributed by atoms with Crippen molar-refractivity contribution in [3.05, 3.63) is 57.2 Å². The molecule has 2 nitrogen and oxygen atoms in total. The number of rotatable bonds is 4. The van der Waals surface area contributed by atoms with Crippen LogP contribution in [0.15, 0.2) is 41.0 Å². The van der Waals surface area contributed by atoms with Crippen molar-refractivity contribution in [1.82, 2.24) is 4.98 Å². The fraction of sp³-hybridized carbons (Fsp3) is 0.214. The molecule has 0 radical (unpaired) electrons. The second-order valence-electron chi connectivity index (χ2n) is 4.23. The van der Waals surface area contributed by atoms with Crippen LogP contribution in [0.3, 0.4) is 0 Å². The Morgan fingerprint density at radius 1 is 1.32 bits per heavy atom. The minimum Gasteiger partial charge on any atom is -0.354 e. The molecule has 19 heavy (non-hydrogen) atoms. The monoisotopic (exact) mass is 358 g/mol. The number of hydrogen-bond acceptors (Lipinski definition) is 2. The third kappa shape index (κ3) is 3.62. The van der Waals surface area contributed by atoms with Crippen molar-refractivity contribution in [3.8, 4) is 0 Å². The van der Waals surface area contributed by atoms with Crippen molar-refractivity contribution >= 4 is 44.9 Å². The molecule has 1 heterocycles. The summed E-state index contributed by atoms with van der Waals surface area (Å²) in [5.41, 5.74) is 2.11. The predicted molar refractivity (Wildman–Crippen MR) is 85.1 cm³/mol. The van der Waals surface area contributed by atoms with Crippen molar-refractivity contribution in [3.63, 3.8) is 0 Å². The highest BCUT2D eigenvalue weighted by molar-refractivity contribution is 9.10. The summed E-state index contributed by atoms with van der Waals surface area (Å²) in [6, 6.07) is 9.96. The van der Waals surface area contributed by atoms with Crippen LogP contribution in [-0.2, 0) is 12.4 Å². The van der Waals surface area contributed by atoms with E-state index in [1.165, 1.54) is 5.56 Å². The van der Waals surface area contributed by atoms with Crippen molar-refractivity contribution in [2.75, 3.05) is 11.9 Å². The molecule has 5 heteroatoms. The molecular formula is C14H13BrCl2N2. The maximum absolute atomic E-state index is 6.23. The van der Waals surface area contributed by atoms with Gasteiger partial charge in [-0.05, 0) is 23.3 Å². The van der Waals surface area contributed by atoms with Gasteiger partial charge in [-0.2, -0.15) is 0 Å². The number of pyridine rings is 1. The molecule has 1 aromatic heterocycles. The van der Waals surface area contributed by atoms with Crippen LogP contribution < -0.4 is 4.90 Å². The molecule has 0 saturated heterocycles. The second kappa shape index (κ2) is 6.60. The molecular weight excluding hydrogens is 347 g/mol. The fourth-order valence-corrected chi connectivity index (χ4v) is 2.67. The Kier molecular flexibility index (Phi) is 5.08. The van der Waals surface area contributed by atoms with E-state index >= 15 is 0 Å². The van der Waals surface area contributed by atoms with Gasteiger partial charge in [0.2, 0.25) is 0 Å². The Morgan fingerprint density at radius 3 is 2.68 bits per heavy atom. The zero-order valence-electron chi connectivity index (χ0n) is 10.4. The van der Waals surface area contributed by atoms with Gasteiger partial charge >= 0.3 is 0 Å². The van der Waals surface area contributed by atoms with Crippen LogP contribution in [0.25, 0.3) is 0 Å². The summed E-state index contributed by atoms with van der Waals surface area (Å²) in [7, 11) is 1.97. The minimum atomic E-state index is 0.418. The van der Waals surface area contributed by atoms with E-state index < -0.39 is 0 Å². The first kappa shape index (κ1) is 14.6. The average molecular weight is 360 g/mol. The number of anilines is 1.